The molecule has 0 amide bonds. The van der Waals surface area contributed by atoms with Crippen molar-refractivity contribution in [3.63, 3.8) is 0 Å². The molecule has 0 aliphatic heterocycles. The lowest BCUT2D eigenvalue weighted by atomic mass is 9.82. The minimum absolute atomic E-state index is 0. The number of halogens is 1. The Labute approximate surface area is 160 Å². The Morgan fingerprint density at radius 3 is 2.35 bits per heavy atom. The van der Waals surface area contributed by atoms with Gasteiger partial charge < -0.3 is 11.1 Å². The van der Waals surface area contributed by atoms with Crippen molar-refractivity contribution < 1.29 is 8.42 Å². The Bertz CT molecular complexity index is 838. The van der Waals surface area contributed by atoms with Crippen LogP contribution in [-0.2, 0) is 10.0 Å². The maximum Gasteiger partial charge on any atom is 0.225 e. The molecule has 1 fully saturated rings. The van der Waals surface area contributed by atoms with E-state index in [0.717, 1.165) is 43.1 Å². The van der Waals surface area contributed by atoms with E-state index in [1.165, 1.54) is 6.26 Å². The lowest BCUT2D eigenvalue weighted by Crippen LogP contribution is -2.31. The molecule has 0 bridgehead atoms. The highest BCUT2D eigenvalue weighted by atomic mass is 35.5. The first-order valence-electron chi connectivity index (χ1n) is 8.61. The summed E-state index contributed by atoms with van der Waals surface area (Å²) < 4.78 is 25.0. The van der Waals surface area contributed by atoms with E-state index in [0.29, 0.717) is 30.1 Å². The molecule has 1 heterocycles. The van der Waals surface area contributed by atoms with Gasteiger partial charge in [-0.1, -0.05) is 12.1 Å². The van der Waals surface area contributed by atoms with Crippen LogP contribution in [0.15, 0.2) is 24.3 Å². The van der Waals surface area contributed by atoms with Gasteiger partial charge in [-0.25, -0.2) is 18.1 Å². The molecule has 0 saturated heterocycles. The van der Waals surface area contributed by atoms with Gasteiger partial charge in [0.15, 0.2) is 0 Å². The van der Waals surface area contributed by atoms with Gasteiger partial charge in [0.1, 0.15) is 5.82 Å². The molecular weight excluding hydrogens is 374 g/mol. The summed E-state index contributed by atoms with van der Waals surface area (Å²) in [4.78, 5) is 8.85. The van der Waals surface area contributed by atoms with Crippen molar-refractivity contribution in [2.24, 2.45) is 11.8 Å². The highest BCUT2D eigenvalue weighted by Gasteiger charge is 2.22. The molecule has 0 radical (unpaired) electrons. The van der Waals surface area contributed by atoms with E-state index in [1.54, 1.807) is 0 Å². The standard InChI is InChI=1S/C17H25N5O2S.ClH/c1-25(23,24)20-11-13-8-6-12(7-9-13)10-19-17-21-15-5-3-2-4-14(15)16(18)22-17;/h2-5,12-13,20H,6-11H2,1H3,(H3,18,19,21,22);1H/t12-,13-;. The fourth-order valence-corrected chi connectivity index (χ4v) is 3.86. The van der Waals surface area contributed by atoms with Crippen molar-refractivity contribution in [1.82, 2.24) is 14.7 Å². The summed E-state index contributed by atoms with van der Waals surface area (Å²) in [7, 11) is -3.10. The molecule has 0 atom stereocenters. The van der Waals surface area contributed by atoms with Gasteiger partial charge in [0, 0.05) is 18.5 Å². The lowest BCUT2D eigenvalue weighted by Gasteiger charge is -2.28. The van der Waals surface area contributed by atoms with Crippen molar-refractivity contribution in [2.45, 2.75) is 25.7 Å². The molecule has 9 heteroatoms. The van der Waals surface area contributed by atoms with E-state index in [2.05, 4.69) is 20.0 Å². The number of anilines is 2. The van der Waals surface area contributed by atoms with Crippen molar-refractivity contribution in [3.8, 4) is 0 Å². The van der Waals surface area contributed by atoms with Gasteiger partial charge in [-0.2, -0.15) is 4.98 Å². The van der Waals surface area contributed by atoms with Crippen molar-refractivity contribution in [1.29, 1.82) is 0 Å². The van der Waals surface area contributed by atoms with Crippen molar-refractivity contribution in [3.05, 3.63) is 24.3 Å². The topological polar surface area (TPSA) is 110 Å². The Hall–Kier alpha value is -1.64. The summed E-state index contributed by atoms with van der Waals surface area (Å²) in [6, 6.07) is 7.70. The molecular formula is C17H26ClN5O2S. The number of fused-ring (bicyclic) bond motifs is 1. The fourth-order valence-electron chi connectivity index (χ4n) is 3.32. The average molecular weight is 400 g/mol. The summed E-state index contributed by atoms with van der Waals surface area (Å²) in [6.45, 7) is 1.35. The highest BCUT2D eigenvalue weighted by molar-refractivity contribution is 7.88. The maximum atomic E-state index is 11.2. The molecule has 2 aromatic rings. The highest BCUT2D eigenvalue weighted by Crippen LogP contribution is 2.28. The van der Waals surface area contributed by atoms with Gasteiger partial charge in [-0.3, -0.25) is 0 Å². The quantitative estimate of drug-likeness (QED) is 0.687. The van der Waals surface area contributed by atoms with E-state index >= 15 is 0 Å². The molecule has 1 aliphatic carbocycles. The van der Waals surface area contributed by atoms with Crippen molar-refractivity contribution in [2.75, 3.05) is 30.4 Å². The number of nitrogen functional groups attached to an aromatic ring is 1. The zero-order chi connectivity index (χ0) is 17.9. The third kappa shape index (κ3) is 5.69. The first-order valence-corrected chi connectivity index (χ1v) is 10.5. The van der Waals surface area contributed by atoms with Crippen LogP contribution in [0.5, 0.6) is 0 Å². The van der Waals surface area contributed by atoms with Crippen LogP contribution in [0.2, 0.25) is 0 Å². The van der Waals surface area contributed by atoms with Crippen LogP contribution in [-0.4, -0.2) is 37.7 Å². The largest absolute Gasteiger partial charge is 0.383 e. The fraction of sp³-hybridized carbons (Fsp3) is 0.529. The average Bonchev–Trinajstić information content (AvgIpc) is 2.58. The summed E-state index contributed by atoms with van der Waals surface area (Å²) in [5, 5.41) is 4.17. The van der Waals surface area contributed by atoms with Gasteiger partial charge in [-0.15, -0.1) is 12.4 Å². The molecule has 144 valence electrons. The summed E-state index contributed by atoms with van der Waals surface area (Å²) in [5.41, 5.74) is 6.85. The zero-order valence-corrected chi connectivity index (χ0v) is 16.4. The molecule has 26 heavy (non-hydrogen) atoms. The Morgan fingerprint density at radius 2 is 1.69 bits per heavy atom. The van der Waals surface area contributed by atoms with E-state index in [4.69, 9.17) is 5.73 Å². The normalized spacial score (nSPS) is 20.5. The summed E-state index contributed by atoms with van der Waals surface area (Å²) >= 11 is 0. The number of nitrogens with one attached hydrogen (secondary N) is 2. The number of benzene rings is 1. The van der Waals surface area contributed by atoms with Crippen LogP contribution in [0.3, 0.4) is 0 Å². The van der Waals surface area contributed by atoms with Gasteiger partial charge >= 0.3 is 0 Å². The molecule has 1 aromatic heterocycles. The van der Waals surface area contributed by atoms with Gasteiger partial charge in [-0.05, 0) is 49.7 Å². The van der Waals surface area contributed by atoms with Crippen LogP contribution in [0.1, 0.15) is 25.7 Å². The smallest absolute Gasteiger partial charge is 0.225 e. The minimum Gasteiger partial charge on any atom is -0.383 e. The van der Waals surface area contributed by atoms with Crippen LogP contribution in [0.4, 0.5) is 11.8 Å². The van der Waals surface area contributed by atoms with Gasteiger partial charge in [0.25, 0.3) is 0 Å². The molecule has 0 unspecified atom stereocenters. The second kappa shape index (κ2) is 8.83. The molecule has 0 spiro atoms. The van der Waals surface area contributed by atoms with E-state index in [-0.39, 0.29) is 12.4 Å². The number of rotatable bonds is 6. The number of nitrogens with zero attached hydrogens (tertiary/aromatic N) is 2. The predicted molar refractivity (Wildman–Crippen MR) is 108 cm³/mol. The Kier molecular flexibility index (Phi) is 7.02. The SMILES string of the molecule is CS(=O)(=O)NC[C@H]1CC[C@H](CNc2nc(N)c3ccccc3n2)CC1.Cl. The molecule has 3 rings (SSSR count). The molecule has 1 saturated carbocycles. The number of hydrogen-bond donors (Lipinski definition) is 3. The predicted octanol–water partition coefficient (Wildman–Crippen LogP) is 2.40. The number of sulfonamides is 1. The second-order valence-corrected chi connectivity index (χ2v) is 8.67. The number of hydrogen-bond acceptors (Lipinski definition) is 6. The van der Waals surface area contributed by atoms with Crippen LogP contribution >= 0.6 is 12.4 Å². The van der Waals surface area contributed by atoms with E-state index < -0.39 is 10.0 Å². The number of nitrogens with two attached hydrogens (primary N) is 1. The second-order valence-electron chi connectivity index (χ2n) is 6.84. The Morgan fingerprint density at radius 1 is 1.08 bits per heavy atom. The third-order valence-electron chi connectivity index (χ3n) is 4.78. The lowest BCUT2D eigenvalue weighted by molar-refractivity contribution is 0.284. The van der Waals surface area contributed by atoms with Gasteiger partial charge in [0.2, 0.25) is 16.0 Å². The molecule has 7 nitrogen and oxygen atoms in total. The van der Waals surface area contributed by atoms with Crippen LogP contribution in [0.25, 0.3) is 10.9 Å². The van der Waals surface area contributed by atoms with Crippen molar-refractivity contribution >= 4 is 45.1 Å². The Balaban J connectivity index is 0.00000243. The molecule has 4 N–H and O–H groups in total. The maximum absolute atomic E-state index is 11.2. The zero-order valence-electron chi connectivity index (χ0n) is 14.8. The van der Waals surface area contributed by atoms with Gasteiger partial charge in [0.05, 0.1) is 11.8 Å². The third-order valence-corrected chi connectivity index (χ3v) is 5.47. The monoisotopic (exact) mass is 399 g/mol. The number of para-hydroxylation sites is 1. The van der Waals surface area contributed by atoms with E-state index in [1.807, 2.05) is 24.3 Å². The summed E-state index contributed by atoms with van der Waals surface area (Å²) in [6.07, 6.45) is 5.43. The molecule has 1 aliphatic rings. The minimum atomic E-state index is -3.10. The molecule has 1 aromatic carbocycles. The van der Waals surface area contributed by atoms with Crippen LogP contribution in [0, 0.1) is 11.8 Å². The van der Waals surface area contributed by atoms with Crippen LogP contribution < -0.4 is 15.8 Å². The summed E-state index contributed by atoms with van der Waals surface area (Å²) in [5.74, 6) is 2.03. The van der Waals surface area contributed by atoms with E-state index in [9.17, 15) is 8.42 Å². The first kappa shape index (κ1) is 20.7. The number of aromatic nitrogens is 2. The first-order chi connectivity index (χ1) is 11.9.